The highest BCUT2D eigenvalue weighted by atomic mass is 32.2. The lowest BCUT2D eigenvalue weighted by Crippen LogP contribution is -2.52. The minimum absolute atomic E-state index is 0.102. The number of rotatable bonds is 9. The molecule has 1 unspecified atom stereocenters. The number of thioether (sulfide) groups is 1. The topological polar surface area (TPSA) is 94.5 Å². The van der Waals surface area contributed by atoms with Crippen LogP contribution in [-0.2, 0) is 22.4 Å². The van der Waals surface area contributed by atoms with Crippen LogP contribution in [0.1, 0.15) is 46.9 Å². The summed E-state index contributed by atoms with van der Waals surface area (Å²) in [6.07, 6.45) is 0.876. The number of carbonyl (C=O) groups excluding carboxylic acids is 2. The van der Waals surface area contributed by atoms with Crippen molar-refractivity contribution < 1.29 is 32.2 Å². The summed E-state index contributed by atoms with van der Waals surface area (Å²) in [6, 6.07) is 6.47. The van der Waals surface area contributed by atoms with Crippen LogP contribution in [0.2, 0.25) is 0 Å². The number of nitrogens with one attached hydrogen (secondary N) is 2. The maximum Gasteiger partial charge on any atom is 0.422 e. The molecule has 12 heteroatoms. The summed E-state index contributed by atoms with van der Waals surface area (Å²) >= 11 is 1.40. The highest BCUT2D eigenvalue weighted by Gasteiger charge is 2.52. The molecule has 2 aromatic rings. The van der Waals surface area contributed by atoms with Gasteiger partial charge in [-0.3, -0.25) is 9.59 Å². The molecule has 1 saturated carbocycles. The number of aryl methyl sites for hydroxylation is 1. The van der Waals surface area contributed by atoms with E-state index in [0.29, 0.717) is 36.3 Å². The molecule has 3 heterocycles. The van der Waals surface area contributed by atoms with E-state index < -0.39 is 12.8 Å². The molecule has 3 aliphatic rings. The molecule has 1 aliphatic carbocycles. The number of aromatic nitrogens is 2. The first-order chi connectivity index (χ1) is 17.6. The average molecular weight is 539 g/mol. The third-order valence-corrected chi connectivity index (χ3v) is 7.65. The molecule has 200 valence electrons. The summed E-state index contributed by atoms with van der Waals surface area (Å²) < 4.78 is 49.4. The first-order valence-corrected chi connectivity index (χ1v) is 13.6. The fourth-order valence-corrected chi connectivity index (χ4v) is 5.63. The van der Waals surface area contributed by atoms with Gasteiger partial charge in [0.25, 0.3) is 5.91 Å². The molecule has 0 bridgehead atoms. The summed E-state index contributed by atoms with van der Waals surface area (Å²) in [4.78, 5) is 25.6. The van der Waals surface area contributed by atoms with Crippen LogP contribution in [0.15, 0.2) is 24.3 Å². The Labute approximate surface area is 216 Å². The van der Waals surface area contributed by atoms with Crippen LogP contribution in [-0.4, -0.2) is 65.6 Å². The number of halogens is 3. The van der Waals surface area contributed by atoms with Crippen molar-refractivity contribution in [3.63, 3.8) is 0 Å². The highest BCUT2D eigenvalue weighted by Crippen LogP contribution is 2.54. The smallest absolute Gasteiger partial charge is 0.422 e. The molecule has 8 nitrogen and oxygen atoms in total. The molecule has 1 saturated heterocycles. The van der Waals surface area contributed by atoms with Gasteiger partial charge in [0.05, 0.1) is 30.7 Å². The Balaban J connectivity index is 1.28. The minimum atomic E-state index is -4.40. The largest absolute Gasteiger partial charge is 0.484 e. The van der Waals surface area contributed by atoms with Crippen molar-refractivity contribution in [2.24, 2.45) is 5.41 Å². The Kier molecular flexibility index (Phi) is 7.14. The Morgan fingerprint density at radius 2 is 2.14 bits per heavy atom. The normalized spacial score (nSPS) is 20.5. The van der Waals surface area contributed by atoms with Crippen LogP contribution in [0, 0.1) is 5.41 Å². The summed E-state index contributed by atoms with van der Waals surface area (Å²) in [5.74, 6) is 0.433. The van der Waals surface area contributed by atoms with Gasteiger partial charge in [0, 0.05) is 17.9 Å². The molecule has 2 N–H and O–H groups in total. The quantitative estimate of drug-likeness (QED) is 0.505. The van der Waals surface area contributed by atoms with E-state index in [1.807, 2.05) is 17.0 Å². The lowest BCUT2D eigenvalue weighted by atomic mass is 9.64. The van der Waals surface area contributed by atoms with E-state index >= 15 is 0 Å². The molecule has 2 aliphatic heterocycles. The predicted octanol–water partition coefficient (Wildman–Crippen LogP) is 3.76. The third kappa shape index (κ3) is 5.74. The second kappa shape index (κ2) is 10.2. The molecular weight excluding hydrogens is 509 g/mol. The Morgan fingerprint density at radius 1 is 1.35 bits per heavy atom. The van der Waals surface area contributed by atoms with Crippen LogP contribution in [0.5, 0.6) is 5.75 Å². The van der Waals surface area contributed by atoms with E-state index in [1.54, 1.807) is 12.1 Å². The zero-order valence-corrected chi connectivity index (χ0v) is 21.2. The zero-order chi connectivity index (χ0) is 26.2. The lowest BCUT2D eigenvalue weighted by Gasteiger charge is -2.53. The standard InChI is InChI=1S/C25H29F3N4O4S/c1-37-11-20(33)30-22-21-19(31-32(22)17-9-24(10-17)12-35-13-24)8-16(29-23(21)34)6-5-15-3-2-4-18(7-15)36-14-25(26,27)28/h2-4,7,16-17H,5-6,8-14H2,1H3,(H,29,34)(H,30,33). The number of hydrogen-bond acceptors (Lipinski definition) is 6. The molecule has 2 amide bonds. The number of fused-ring (bicyclic) bond motifs is 1. The number of hydrogen-bond donors (Lipinski definition) is 2. The Morgan fingerprint density at radius 3 is 2.81 bits per heavy atom. The van der Waals surface area contributed by atoms with E-state index in [-0.39, 0.29) is 40.8 Å². The van der Waals surface area contributed by atoms with Gasteiger partial charge in [-0.15, -0.1) is 0 Å². The maximum atomic E-state index is 13.2. The first kappa shape index (κ1) is 25.9. The van der Waals surface area contributed by atoms with Crippen LogP contribution < -0.4 is 15.4 Å². The molecule has 1 spiro atoms. The van der Waals surface area contributed by atoms with Gasteiger partial charge >= 0.3 is 6.18 Å². The highest BCUT2D eigenvalue weighted by molar-refractivity contribution is 7.99. The monoisotopic (exact) mass is 538 g/mol. The van der Waals surface area contributed by atoms with Gasteiger partial charge < -0.3 is 20.1 Å². The first-order valence-electron chi connectivity index (χ1n) is 12.2. The van der Waals surface area contributed by atoms with Crippen molar-refractivity contribution in [2.45, 2.75) is 50.4 Å². The average Bonchev–Trinajstić information content (AvgIpc) is 3.12. The van der Waals surface area contributed by atoms with Gasteiger partial charge in [0.2, 0.25) is 5.91 Å². The molecule has 5 rings (SSSR count). The molecule has 1 aromatic carbocycles. The van der Waals surface area contributed by atoms with Crippen molar-refractivity contribution >= 4 is 29.4 Å². The molecular formula is C25H29F3N4O4S. The van der Waals surface area contributed by atoms with E-state index in [2.05, 4.69) is 10.6 Å². The van der Waals surface area contributed by atoms with Gasteiger partial charge in [-0.25, -0.2) is 4.68 Å². The second-order valence-electron chi connectivity index (χ2n) is 10.1. The van der Waals surface area contributed by atoms with E-state index in [4.69, 9.17) is 14.6 Å². The van der Waals surface area contributed by atoms with Crippen LogP contribution in [0.25, 0.3) is 0 Å². The number of benzene rings is 1. The van der Waals surface area contributed by atoms with Gasteiger partial charge in [0.1, 0.15) is 17.1 Å². The molecule has 37 heavy (non-hydrogen) atoms. The zero-order valence-electron chi connectivity index (χ0n) is 20.4. The number of nitrogens with zero attached hydrogens (tertiary/aromatic N) is 2. The Bertz CT molecular complexity index is 1170. The number of alkyl halides is 3. The number of ether oxygens (including phenoxy) is 2. The van der Waals surface area contributed by atoms with Gasteiger partial charge in [0.15, 0.2) is 6.61 Å². The van der Waals surface area contributed by atoms with Gasteiger partial charge in [-0.1, -0.05) is 12.1 Å². The minimum Gasteiger partial charge on any atom is -0.484 e. The Hall–Kier alpha value is -2.73. The summed E-state index contributed by atoms with van der Waals surface area (Å²) in [7, 11) is 0. The van der Waals surface area contributed by atoms with Crippen molar-refractivity contribution in [3.05, 3.63) is 41.1 Å². The fourth-order valence-electron chi connectivity index (χ4n) is 5.30. The fraction of sp³-hybridized carbons (Fsp3) is 0.560. The van der Waals surface area contributed by atoms with E-state index in [9.17, 15) is 22.8 Å². The molecule has 0 radical (unpaired) electrons. The summed E-state index contributed by atoms with van der Waals surface area (Å²) in [6.45, 7) is 0.138. The van der Waals surface area contributed by atoms with Crippen LogP contribution in [0.3, 0.4) is 0 Å². The number of amides is 2. The lowest BCUT2D eigenvalue weighted by molar-refractivity contribution is -0.175. The van der Waals surface area contributed by atoms with Gasteiger partial charge in [-0.2, -0.15) is 30.0 Å². The van der Waals surface area contributed by atoms with E-state index in [1.165, 1.54) is 17.8 Å². The predicted molar refractivity (Wildman–Crippen MR) is 132 cm³/mol. The molecule has 1 atom stereocenters. The number of anilines is 1. The second-order valence-corrected chi connectivity index (χ2v) is 11.0. The number of carbonyl (C=O) groups is 2. The van der Waals surface area contributed by atoms with Gasteiger partial charge in [-0.05, 0) is 49.6 Å². The van der Waals surface area contributed by atoms with Crippen LogP contribution in [0.4, 0.5) is 19.0 Å². The summed E-state index contributed by atoms with van der Waals surface area (Å²) in [5.41, 5.74) is 2.08. The van der Waals surface area contributed by atoms with E-state index in [0.717, 1.165) is 31.6 Å². The van der Waals surface area contributed by atoms with Crippen molar-refractivity contribution in [2.75, 3.05) is 37.1 Å². The third-order valence-electron chi connectivity index (χ3n) is 7.10. The molecule has 1 aromatic heterocycles. The van der Waals surface area contributed by atoms with Crippen molar-refractivity contribution in [3.8, 4) is 5.75 Å². The molecule has 2 fully saturated rings. The summed E-state index contributed by atoms with van der Waals surface area (Å²) in [5, 5.41) is 10.7. The SMILES string of the molecule is CSCC(=O)Nc1c2c(nn1C1CC3(COC3)C1)CC(CCc1cccc(OCC(F)(F)F)c1)NC2=O. The van der Waals surface area contributed by atoms with Crippen molar-refractivity contribution in [1.82, 2.24) is 15.1 Å². The van der Waals surface area contributed by atoms with Crippen molar-refractivity contribution in [1.29, 1.82) is 0 Å². The van der Waals surface area contributed by atoms with Crippen LogP contribution >= 0.6 is 11.8 Å². The maximum absolute atomic E-state index is 13.2.